The summed E-state index contributed by atoms with van der Waals surface area (Å²) < 4.78 is 15.4. The van der Waals surface area contributed by atoms with Crippen LogP contribution in [0.2, 0.25) is 0 Å². The largest absolute Gasteiger partial charge is 0.335 e. The number of carbonyl (C=O) groups excluding carboxylic acids is 1. The lowest BCUT2D eigenvalue weighted by atomic mass is 10.2. The average molecular weight is 395 g/mol. The van der Waals surface area contributed by atoms with Gasteiger partial charge in [-0.25, -0.2) is 4.39 Å². The number of aromatic nitrogens is 2. The molecular formula is C17H20BrFN4O. The number of halogens is 2. The summed E-state index contributed by atoms with van der Waals surface area (Å²) in [4.78, 5) is 16.8. The van der Waals surface area contributed by atoms with Gasteiger partial charge in [0.25, 0.3) is 5.91 Å². The molecule has 1 aromatic carbocycles. The Kier molecular flexibility index (Phi) is 5.01. The zero-order chi connectivity index (χ0) is 17.3. The molecule has 2 aromatic rings. The van der Waals surface area contributed by atoms with Crippen molar-refractivity contribution in [2.75, 3.05) is 26.2 Å². The molecule has 1 aliphatic heterocycles. The van der Waals surface area contributed by atoms with Gasteiger partial charge in [-0.1, -0.05) is 12.1 Å². The monoisotopic (exact) mass is 394 g/mol. The maximum Gasteiger partial charge on any atom is 0.275 e. The second-order valence-corrected chi connectivity index (χ2v) is 6.86. The summed E-state index contributed by atoms with van der Waals surface area (Å²) in [7, 11) is 1.83. The van der Waals surface area contributed by atoms with Crippen LogP contribution >= 0.6 is 15.9 Å². The van der Waals surface area contributed by atoms with Crippen LogP contribution in [0.5, 0.6) is 0 Å². The lowest BCUT2D eigenvalue weighted by Crippen LogP contribution is -2.48. The maximum atomic E-state index is 13.0. The molecule has 24 heavy (non-hydrogen) atoms. The molecule has 0 spiro atoms. The fourth-order valence-corrected chi connectivity index (χ4v) is 3.33. The summed E-state index contributed by atoms with van der Waals surface area (Å²) in [6.07, 6.45) is 0. The summed E-state index contributed by atoms with van der Waals surface area (Å²) in [5.41, 5.74) is 2.49. The highest BCUT2D eigenvalue weighted by molar-refractivity contribution is 9.10. The number of piperazine rings is 1. The Balaban J connectivity index is 1.59. The van der Waals surface area contributed by atoms with Gasteiger partial charge in [0.1, 0.15) is 5.82 Å². The first kappa shape index (κ1) is 17.1. The smallest absolute Gasteiger partial charge is 0.275 e. The minimum Gasteiger partial charge on any atom is -0.335 e. The summed E-state index contributed by atoms with van der Waals surface area (Å²) in [6.45, 7) is 5.63. The van der Waals surface area contributed by atoms with Crippen molar-refractivity contribution in [3.8, 4) is 0 Å². The normalized spacial score (nSPS) is 15.8. The van der Waals surface area contributed by atoms with Crippen LogP contribution in [0.25, 0.3) is 0 Å². The Morgan fingerprint density at radius 3 is 2.38 bits per heavy atom. The zero-order valence-electron chi connectivity index (χ0n) is 13.8. The Morgan fingerprint density at radius 1 is 1.21 bits per heavy atom. The van der Waals surface area contributed by atoms with E-state index >= 15 is 0 Å². The summed E-state index contributed by atoms with van der Waals surface area (Å²) in [5.74, 6) is -0.252. The number of hydrogen-bond donors (Lipinski definition) is 0. The van der Waals surface area contributed by atoms with E-state index in [4.69, 9.17) is 0 Å². The van der Waals surface area contributed by atoms with Gasteiger partial charge >= 0.3 is 0 Å². The number of rotatable bonds is 3. The second-order valence-electron chi connectivity index (χ2n) is 6.07. The molecule has 128 valence electrons. The van der Waals surface area contributed by atoms with Gasteiger partial charge in [0.05, 0.1) is 10.2 Å². The van der Waals surface area contributed by atoms with Crippen LogP contribution in [-0.4, -0.2) is 51.7 Å². The van der Waals surface area contributed by atoms with Gasteiger partial charge in [-0.15, -0.1) is 0 Å². The second kappa shape index (κ2) is 7.03. The molecule has 0 radical (unpaired) electrons. The molecule has 0 bridgehead atoms. The van der Waals surface area contributed by atoms with E-state index in [0.717, 1.165) is 35.4 Å². The van der Waals surface area contributed by atoms with Gasteiger partial charge in [-0.05, 0) is 40.5 Å². The third-order valence-corrected chi connectivity index (χ3v) is 5.39. The van der Waals surface area contributed by atoms with Crippen LogP contribution in [0, 0.1) is 12.7 Å². The third kappa shape index (κ3) is 3.52. The molecule has 0 atom stereocenters. The predicted octanol–water partition coefficient (Wildman–Crippen LogP) is 2.59. The van der Waals surface area contributed by atoms with E-state index < -0.39 is 0 Å². The molecular weight excluding hydrogens is 375 g/mol. The first-order valence-corrected chi connectivity index (χ1v) is 8.70. The lowest BCUT2D eigenvalue weighted by molar-refractivity contribution is 0.0621. The highest BCUT2D eigenvalue weighted by Gasteiger charge is 2.26. The van der Waals surface area contributed by atoms with Crippen molar-refractivity contribution >= 4 is 21.8 Å². The number of carbonyl (C=O) groups is 1. The SMILES string of the molecule is Cc1c(Br)c(C(=O)N2CCN(Cc3ccc(F)cc3)CC2)nn1C. The van der Waals surface area contributed by atoms with Gasteiger partial charge in [0, 0.05) is 39.8 Å². The first-order valence-electron chi connectivity index (χ1n) is 7.91. The molecule has 0 saturated carbocycles. The minimum atomic E-state index is -0.217. The predicted molar refractivity (Wildman–Crippen MR) is 93.2 cm³/mol. The minimum absolute atomic E-state index is 0.0352. The molecule has 1 fully saturated rings. The fourth-order valence-electron chi connectivity index (χ4n) is 2.83. The Hall–Kier alpha value is -1.73. The molecule has 1 aromatic heterocycles. The average Bonchev–Trinajstić information content (AvgIpc) is 2.84. The Bertz CT molecular complexity index is 736. The van der Waals surface area contributed by atoms with E-state index in [1.54, 1.807) is 16.8 Å². The third-order valence-electron chi connectivity index (χ3n) is 4.44. The molecule has 1 amide bonds. The van der Waals surface area contributed by atoms with Crippen molar-refractivity contribution in [2.24, 2.45) is 7.05 Å². The first-order chi connectivity index (χ1) is 11.5. The number of amides is 1. The number of nitrogens with zero attached hydrogens (tertiary/aromatic N) is 4. The van der Waals surface area contributed by atoms with Crippen molar-refractivity contribution in [2.45, 2.75) is 13.5 Å². The summed E-state index contributed by atoms with van der Waals surface area (Å²) in [5, 5.41) is 4.31. The summed E-state index contributed by atoms with van der Waals surface area (Å²) in [6, 6.07) is 6.58. The van der Waals surface area contributed by atoms with E-state index in [1.807, 2.05) is 18.9 Å². The van der Waals surface area contributed by atoms with E-state index in [-0.39, 0.29) is 11.7 Å². The molecule has 7 heteroatoms. The Labute approximate surface area is 149 Å². The molecule has 1 aliphatic rings. The lowest BCUT2D eigenvalue weighted by Gasteiger charge is -2.34. The summed E-state index contributed by atoms with van der Waals surface area (Å²) >= 11 is 3.46. The highest BCUT2D eigenvalue weighted by Crippen LogP contribution is 2.22. The van der Waals surface area contributed by atoms with Crippen molar-refractivity contribution in [3.05, 3.63) is 51.5 Å². The standard InChI is InChI=1S/C17H20BrFN4O/c1-12-15(18)16(20-21(12)2)17(24)23-9-7-22(8-10-23)11-13-3-5-14(19)6-4-13/h3-6H,7-11H2,1-2H3. The van der Waals surface area contributed by atoms with Crippen molar-refractivity contribution in [3.63, 3.8) is 0 Å². The molecule has 0 N–H and O–H groups in total. The Morgan fingerprint density at radius 2 is 1.83 bits per heavy atom. The maximum absolute atomic E-state index is 13.0. The van der Waals surface area contributed by atoms with E-state index in [1.165, 1.54) is 12.1 Å². The number of hydrogen-bond acceptors (Lipinski definition) is 3. The van der Waals surface area contributed by atoms with Crippen LogP contribution in [0.3, 0.4) is 0 Å². The molecule has 5 nitrogen and oxygen atoms in total. The van der Waals surface area contributed by atoms with Crippen LogP contribution in [0.15, 0.2) is 28.7 Å². The van der Waals surface area contributed by atoms with Crippen molar-refractivity contribution in [1.29, 1.82) is 0 Å². The molecule has 3 rings (SSSR count). The highest BCUT2D eigenvalue weighted by atomic mass is 79.9. The van der Waals surface area contributed by atoms with E-state index in [0.29, 0.717) is 18.8 Å². The van der Waals surface area contributed by atoms with E-state index in [9.17, 15) is 9.18 Å². The topological polar surface area (TPSA) is 41.4 Å². The van der Waals surface area contributed by atoms with Crippen molar-refractivity contribution < 1.29 is 9.18 Å². The van der Waals surface area contributed by atoms with Gasteiger partial charge in [0.15, 0.2) is 5.69 Å². The zero-order valence-corrected chi connectivity index (χ0v) is 15.4. The van der Waals surface area contributed by atoms with Crippen LogP contribution < -0.4 is 0 Å². The van der Waals surface area contributed by atoms with Gasteiger partial charge < -0.3 is 4.90 Å². The number of aryl methyl sites for hydroxylation is 1. The van der Waals surface area contributed by atoms with Gasteiger partial charge in [-0.2, -0.15) is 5.10 Å². The quantitative estimate of drug-likeness (QED) is 0.803. The molecule has 0 unspecified atom stereocenters. The van der Waals surface area contributed by atoms with E-state index in [2.05, 4.69) is 25.9 Å². The molecule has 1 saturated heterocycles. The van der Waals surface area contributed by atoms with Crippen LogP contribution in [0.4, 0.5) is 4.39 Å². The molecule has 2 heterocycles. The van der Waals surface area contributed by atoms with Gasteiger partial charge in [0.2, 0.25) is 0 Å². The van der Waals surface area contributed by atoms with Crippen LogP contribution in [-0.2, 0) is 13.6 Å². The number of benzene rings is 1. The molecule has 0 aliphatic carbocycles. The van der Waals surface area contributed by atoms with Crippen molar-refractivity contribution in [1.82, 2.24) is 19.6 Å². The van der Waals surface area contributed by atoms with Gasteiger partial charge in [-0.3, -0.25) is 14.4 Å². The fraction of sp³-hybridized carbons (Fsp3) is 0.412. The van der Waals surface area contributed by atoms with Crippen LogP contribution in [0.1, 0.15) is 21.7 Å².